The Morgan fingerprint density at radius 1 is 1.22 bits per heavy atom. The maximum atomic E-state index is 13.2. The van der Waals surface area contributed by atoms with Crippen LogP contribution in [0.4, 0.5) is 4.39 Å². The summed E-state index contributed by atoms with van der Waals surface area (Å²) in [5.41, 5.74) is 3.84. The van der Waals surface area contributed by atoms with Crippen LogP contribution in [0.1, 0.15) is 44.4 Å². The normalized spacial score (nSPS) is 15.8. The Morgan fingerprint density at radius 3 is 2.53 bits per heavy atom. The fraction of sp³-hybridized carbons (Fsp3) is 0.464. The molecule has 0 bridgehead atoms. The Hall–Kier alpha value is -1.93. The van der Waals surface area contributed by atoms with Crippen molar-refractivity contribution in [2.24, 2.45) is 0 Å². The van der Waals surface area contributed by atoms with Crippen LogP contribution in [0.25, 0.3) is 0 Å². The van der Waals surface area contributed by atoms with Gasteiger partial charge in [-0.25, -0.2) is 9.37 Å². The summed E-state index contributed by atoms with van der Waals surface area (Å²) in [6.45, 7) is 10.6. The Kier molecular flexibility index (Phi) is 11.7. The number of nitrogens with zero attached hydrogens (tertiary/aromatic N) is 2. The summed E-state index contributed by atoms with van der Waals surface area (Å²) in [6, 6.07) is 12.8. The van der Waals surface area contributed by atoms with Crippen molar-refractivity contribution in [3.63, 3.8) is 0 Å². The molecule has 0 N–H and O–H groups in total. The van der Waals surface area contributed by atoms with E-state index in [2.05, 4.69) is 59.1 Å². The molecule has 194 valence electrons. The predicted octanol–water partition coefficient (Wildman–Crippen LogP) is 5.96. The van der Waals surface area contributed by atoms with E-state index in [0.29, 0.717) is 12.6 Å². The van der Waals surface area contributed by atoms with Gasteiger partial charge in [0.05, 0.1) is 24.9 Å². The molecule has 0 spiro atoms. The van der Waals surface area contributed by atoms with Crippen LogP contribution >= 0.6 is 22.9 Å². The second-order valence-electron chi connectivity index (χ2n) is 9.37. The molecule has 8 heteroatoms. The number of aryl methyl sites for hydroxylation is 2. The summed E-state index contributed by atoms with van der Waals surface area (Å²) in [4.78, 5) is 4.05. The lowest BCUT2D eigenvalue weighted by Gasteiger charge is -2.11. The highest BCUT2D eigenvalue weighted by molar-refractivity contribution is 7.24. The van der Waals surface area contributed by atoms with Crippen molar-refractivity contribution in [3.8, 4) is 0 Å². The van der Waals surface area contributed by atoms with Gasteiger partial charge in [-0.15, -0.1) is 11.6 Å². The molecular formula is C28H37BClFN2O2S. The van der Waals surface area contributed by atoms with E-state index in [-0.39, 0.29) is 6.29 Å². The van der Waals surface area contributed by atoms with Crippen LogP contribution < -0.4 is 10.2 Å². The van der Waals surface area contributed by atoms with Gasteiger partial charge in [0, 0.05) is 24.9 Å². The summed E-state index contributed by atoms with van der Waals surface area (Å²) < 4.78 is 27.3. The second-order valence-corrected chi connectivity index (χ2v) is 10.8. The predicted molar refractivity (Wildman–Crippen MR) is 151 cm³/mol. The lowest BCUT2D eigenvalue weighted by molar-refractivity contribution is -0.0491. The quantitative estimate of drug-likeness (QED) is 0.184. The Morgan fingerprint density at radius 2 is 1.94 bits per heavy atom. The van der Waals surface area contributed by atoms with Gasteiger partial charge in [0.15, 0.2) is 6.29 Å². The van der Waals surface area contributed by atoms with Crippen molar-refractivity contribution < 1.29 is 13.9 Å². The molecule has 0 amide bonds. The molecule has 0 saturated carbocycles. The van der Waals surface area contributed by atoms with Crippen molar-refractivity contribution in [1.29, 1.82) is 0 Å². The standard InChI is InChI=1S/C19H23BClFS.C9H14N2O2/c1-14(2)16-12-19(23-13-16)20(17-8-5-4-6-9-17)11-7-10-18(21)15(3)22;1-8-6-10-7-11(8)3-2-9-12-4-5-13-9/h4-10,12-15,18H,11H2,1-3H3;6-7,9H,2-5H2,1H3. The highest BCUT2D eigenvalue weighted by atomic mass is 35.5. The number of ether oxygens (including phenoxy) is 2. The van der Waals surface area contributed by atoms with E-state index in [1.54, 1.807) is 17.4 Å². The largest absolute Gasteiger partial charge is 0.350 e. The van der Waals surface area contributed by atoms with E-state index in [0.717, 1.165) is 32.5 Å². The van der Waals surface area contributed by atoms with Gasteiger partial charge in [-0.05, 0) is 41.8 Å². The molecule has 3 heterocycles. The van der Waals surface area contributed by atoms with Crippen LogP contribution in [0.2, 0.25) is 6.32 Å². The average molecular weight is 531 g/mol. The van der Waals surface area contributed by atoms with Crippen molar-refractivity contribution >= 4 is 39.9 Å². The van der Waals surface area contributed by atoms with Crippen LogP contribution in [0.5, 0.6) is 0 Å². The Bertz CT molecular complexity index is 1050. The first-order valence-corrected chi connectivity index (χ1v) is 13.9. The first-order chi connectivity index (χ1) is 17.3. The summed E-state index contributed by atoms with van der Waals surface area (Å²) in [7, 11) is 0. The number of hydrogen-bond donors (Lipinski definition) is 0. The molecule has 4 rings (SSSR count). The van der Waals surface area contributed by atoms with Gasteiger partial charge in [-0.3, -0.25) is 0 Å². The van der Waals surface area contributed by atoms with Crippen LogP contribution in [-0.4, -0.2) is 47.3 Å². The summed E-state index contributed by atoms with van der Waals surface area (Å²) in [5, 5.41) is 1.69. The number of thiophene rings is 1. The number of imidazole rings is 1. The number of hydrogen-bond acceptors (Lipinski definition) is 4. The first kappa shape index (κ1) is 28.6. The fourth-order valence-electron chi connectivity index (χ4n) is 3.89. The summed E-state index contributed by atoms with van der Waals surface area (Å²) in [5.74, 6) is 0.534. The van der Waals surface area contributed by atoms with E-state index in [4.69, 9.17) is 21.1 Å². The third-order valence-corrected chi connectivity index (χ3v) is 7.76. The Labute approximate surface area is 224 Å². The van der Waals surface area contributed by atoms with Gasteiger partial charge in [-0.1, -0.05) is 67.9 Å². The van der Waals surface area contributed by atoms with Crippen LogP contribution in [0.15, 0.2) is 66.5 Å². The number of halogens is 2. The number of benzene rings is 1. The first-order valence-electron chi connectivity index (χ1n) is 12.6. The number of aromatic nitrogens is 2. The van der Waals surface area contributed by atoms with Crippen molar-refractivity contribution in [2.75, 3.05) is 13.2 Å². The highest BCUT2D eigenvalue weighted by Gasteiger charge is 2.21. The molecule has 2 atom stereocenters. The van der Waals surface area contributed by atoms with Crippen LogP contribution in [-0.2, 0) is 16.0 Å². The van der Waals surface area contributed by atoms with Gasteiger partial charge in [-0.2, -0.15) is 11.3 Å². The lowest BCUT2D eigenvalue weighted by Crippen LogP contribution is -2.39. The lowest BCUT2D eigenvalue weighted by atomic mass is 9.42. The minimum atomic E-state index is -1.03. The minimum absolute atomic E-state index is 0.0122. The molecule has 3 aromatic rings. The molecule has 0 aliphatic carbocycles. The molecule has 2 aromatic heterocycles. The van der Waals surface area contributed by atoms with E-state index in [1.807, 2.05) is 31.6 Å². The summed E-state index contributed by atoms with van der Waals surface area (Å²) in [6.07, 6.45) is 8.17. The molecule has 36 heavy (non-hydrogen) atoms. The van der Waals surface area contributed by atoms with E-state index in [9.17, 15) is 4.39 Å². The maximum absolute atomic E-state index is 13.2. The van der Waals surface area contributed by atoms with Crippen LogP contribution in [0, 0.1) is 6.92 Å². The molecule has 2 unspecified atom stereocenters. The smallest absolute Gasteiger partial charge is 0.226 e. The Balaban J connectivity index is 0.000000233. The third-order valence-electron chi connectivity index (χ3n) is 6.20. The molecular weight excluding hydrogens is 494 g/mol. The zero-order valence-electron chi connectivity index (χ0n) is 21.6. The molecule has 4 nitrogen and oxygen atoms in total. The highest BCUT2D eigenvalue weighted by Crippen LogP contribution is 2.18. The monoisotopic (exact) mass is 530 g/mol. The van der Waals surface area contributed by atoms with Gasteiger partial charge < -0.3 is 14.0 Å². The van der Waals surface area contributed by atoms with Crippen LogP contribution in [0.3, 0.4) is 0 Å². The number of allylic oxidation sites excluding steroid dienone is 2. The average Bonchev–Trinajstić information content (AvgIpc) is 3.64. The van der Waals surface area contributed by atoms with E-state index in [1.165, 1.54) is 28.4 Å². The van der Waals surface area contributed by atoms with E-state index >= 15 is 0 Å². The number of alkyl halides is 2. The molecule has 1 aliphatic rings. The molecule has 0 radical (unpaired) electrons. The zero-order chi connectivity index (χ0) is 25.9. The molecule has 1 aromatic carbocycles. The number of rotatable bonds is 10. The molecule has 1 saturated heterocycles. The molecule has 1 aliphatic heterocycles. The van der Waals surface area contributed by atoms with Crippen molar-refractivity contribution in [3.05, 3.63) is 77.7 Å². The van der Waals surface area contributed by atoms with Gasteiger partial charge in [0.2, 0.25) is 6.71 Å². The SMILES string of the molecule is CC(C)c1csc(B(CC=CC(Cl)C(C)F)c2ccccc2)c1.Cc1cncn1CCC1OCCO1. The van der Waals surface area contributed by atoms with Gasteiger partial charge in [0.25, 0.3) is 0 Å². The van der Waals surface area contributed by atoms with Crippen molar-refractivity contribution in [1.82, 2.24) is 9.55 Å². The second kappa shape index (κ2) is 14.7. The maximum Gasteiger partial charge on any atom is 0.226 e. The topological polar surface area (TPSA) is 36.3 Å². The molecule has 1 fully saturated rings. The minimum Gasteiger partial charge on any atom is -0.350 e. The van der Waals surface area contributed by atoms with E-state index < -0.39 is 11.5 Å². The van der Waals surface area contributed by atoms with Gasteiger partial charge >= 0.3 is 0 Å². The van der Waals surface area contributed by atoms with Gasteiger partial charge in [0.1, 0.15) is 6.17 Å². The fourth-order valence-corrected chi connectivity index (χ4v) is 5.21. The summed E-state index contributed by atoms with van der Waals surface area (Å²) >= 11 is 7.78. The third kappa shape index (κ3) is 8.88. The van der Waals surface area contributed by atoms with Crippen molar-refractivity contribution in [2.45, 2.75) is 70.7 Å². The zero-order valence-corrected chi connectivity index (χ0v) is 23.2.